The Kier molecular flexibility index (Phi) is 5.92. The van der Waals surface area contributed by atoms with Gasteiger partial charge in [-0.25, -0.2) is 4.68 Å². The Hall–Kier alpha value is -4.41. The lowest BCUT2D eigenvalue weighted by molar-refractivity contribution is -0.384. The number of nitrogens with one attached hydrogen (secondary N) is 1. The second kappa shape index (κ2) is 8.73. The van der Waals surface area contributed by atoms with Gasteiger partial charge in [0.1, 0.15) is 29.5 Å². The Bertz CT molecular complexity index is 1090. The number of amides is 1. The highest BCUT2D eigenvalue weighted by Crippen LogP contribution is 2.30. The highest BCUT2D eigenvalue weighted by Gasteiger charge is 2.17. The molecule has 0 radical (unpaired) electrons. The molecule has 1 heterocycles. The first-order valence-corrected chi connectivity index (χ1v) is 8.52. The van der Waals surface area contributed by atoms with E-state index in [1.54, 1.807) is 24.3 Å². The standard InChI is InChI=1S/C19H16N4O7/c1-29-14-2-4-15(5-3-14)30-16-9-12(8-13(10-16)23(27)28)21-19(26)17-6-7-20-22(17)11-18(24)25/h2-10H,11H2,1H3,(H,21,26)(H,24,25). The molecule has 1 aromatic heterocycles. The van der Waals surface area contributed by atoms with Crippen LogP contribution in [0.25, 0.3) is 0 Å². The van der Waals surface area contributed by atoms with Gasteiger partial charge < -0.3 is 19.9 Å². The number of carbonyl (C=O) groups is 2. The number of rotatable bonds is 8. The van der Waals surface area contributed by atoms with E-state index in [2.05, 4.69) is 10.4 Å². The molecule has 0 aliphatic carbocycles. The van der Waals surface area contributed by atoms with Crippen molar-refractivity contribution in [3.05, 3.63) is 70.5 Å². The fourth-order valence-corrected chi connectivity index (χ4v) is 2.57. The number of carboxylic acid groups (broad SMARTS) is 1. The van der Waals surface area contributed by atoms with Crippen LogP contribution in [0.4, 0.5) is 11.4 Å². The number of non-ortho nitro benzene ring substituents is 1. The van der Waals surface area contributed by atoms with Gasteiger partial charge in [-0.1, -0.05) is 0 Å². The zero-order valence-corrected chi connectivity index (χ0v) is 15.6. The molecule has 0 saturated heterocycles. The number of carbonyl (C=O) groups excluding carboxylic acids is 1. The van der Waals surface area contributed by atoms with Crippen molar-refractivity contribution in [2.24, 2.45) is 0 Å². The molecule has 0 aliphatic heterocycles. The Morgan fingerprint density at radius 1 is 1.13 bits per heavy atom. The number of aliphatic carboxylic acids is 1. The first kappa shape index (κ1) is 20.3. The summed E-state index contributed by atoms with van der Waals surface area (Å²) in [5.74, 6) is -0.688. The minimum Gasteiger partial charge on any atom is -0.497 e. The van der Waals surface area contributed by atoms with Crippen molar-refractivity contribution >= 4 is 23.3 Å². The Morgan fingerprint density at radius 3 is 2.47 bits per heavy atom. The van der Waals surface area contributed by atoms with Crippen LogP contribution in [0.3, 0.4) is 0 Å². The van der Waals surface area contributed by atoms with Gasteiger partial charge >= 0.3 is 5.97 Å². The van der Waals surface area contributed by atoms with Crippen LogP contribution < -0.4 is 14.8 Å². The molecule has 1 amide bonds. The van der Waals surface area contributed by atoms with Crippen LogP contribution in [0.1, 0.15) is 10.5 Å². The first-order valence-electron chi connectivity index (χ1n) is 8.52. The lowest BCUT2D eigenvalue weighted by Gasteiger charge is -2.10. The number of hydrogen-bond donors (Lipinski definition) is 2. The third kappa shape index (κ3) is 4.90. The number of benzene rings is 2. The summed E-state index contributed by atoms with van der Waals surface area (Å²) in [6.45, 7) is -0.503. The zero-order valence-electron chi connectivity index (χ0n) is 15.6. The predicted octanol–water partition coefficient (Wildman–Crippen LogP) is 2.93. The second-order valence-electron chi connectivity index (χ2n) is 5.97. The predicted molar refractivity (Wildman–Crippen MR) is 104 cm³/mol. The number of nitro groups is 1. The molecular formula is C19H16N4O7. The third-order valence-corrected chi connectivity index (χ3v) is 3.89. The number of aromatic nitrogens is 2. The van der Waals surface area contributed by atoms with Gasteiger partial charge in [0.15, 0.2) is 0 Å². The zero-order chi connectivity index (χ0) is 21.7. The Morgan fingerprint density at radius 2 is 1.83 bits per heavy atom. The minimum absolute atomic E-state index is 0.0125. The summed E-state index contributed by atoms with van der Waals surface area (Å²) >= 11 is 0. The Labute approximate surface area is 169 Å². The van der Waals surface area contributed by atoms with Gasteiger partial charge in [0.25, 0.3) is 11.6 Å². The van der Waals surface area contributed by atoms with Crippen LogP contribution in [0.15, 0.2) is 54.7 Å². The average molecular weight is 412 g/mol. The van der Waals surface area contributed by atoms with E-state index < -0.39 is 23.3 Å². The van der Waals surface area contributed by atoms with Crippen molar-refractivity contribution in [3.63, 3.8) is 0 Å². The maximum Gasteiger partial charge on any atom is 0.325 e. The molecule has 2 N–H and O–H groups in total. The maximum atomic E-state index is 12.5. The molecule has 3 rings (SSSR count). The van der Waals surface area contributed by atoms with E-state index in [1.807, 2.05) is 0 Å². The molecule has 0 spiro atoms. The molecule has 0 unspecified atom stereocenters. The van der Waals surface area contributed by atoms with Gasteiger partial charge in [-0.15, -0.1) is 0 Å². The molecule has 0 bridgehead atoms. The topological polar surface area (TPSA) is 146 Å². The van der Waals surface area contributed by atoms with Crippen LogP contribution in [-0.4, -0.2) is 38.8 Å². The quantitative estimate of drug-likeness (QED) is 0.424. The fourth-order valence-electron chi connectivity index (χ4n) is 2.57. The van der Waals surface area contributed by atoms with E-state index in [-0.39, 0.29) is 22.8 Å². The van der Waals surface area contributed by atoms with Gasteiger partial charge in [-0.05, 0) is 30.3 Å². The maximum absolute atomic E-state index is 12.5. The fraction of sp³-hybridized carbons (Fsp3) is 0.105. The van der Waals surface area contributed by atoms with E-state index in [0.717, 1.165) is 10.7 Å². The number of ether oxygens (including phenoxy) is 2. The van der Waals surface area contributed by atoms with E-state index in [1.165, 1.54) is 31.5 Å². The van der Waals surface area contributed by atoms with Crippen molar-refractivity contribution in [2.75, 3.05) is 12.4 Å². The summed E-state index contributed by atoms with van der Waals surface area (Å²) in [4.78, 5) is 34.0. The van der Waals surface area contributed by atoms with Crippen LogP contribution in [0.2, 0.25) is 0 Å². The molecule has 154 valence electrons. The lowest BCUT2D eigenvalue weighted by Crippen LogP contribution is -2.20. The molecule has 0 fully saturated rings. The molecule has 3 aromatic rings. The van der Waals surface area contributed by atoms with Crippen LogP contribution in [0.5, 0.6) is 17.2 Å². The lowest BCUT2D eigenvalue weighted by atomic mass is 10.2. The average Bonchev–Trinajstić information content (AvgIpc) is 3.16. The van der Waals surface area contributed by atoms with Crippen molar-refractivity contribution in [3.8, 4) is 17.2 Å². The summed E-state index contributed by atoms with van der Waals surface area (Å²) in [5.41, 5.74) is -0.210. The van der Waals surface area contributed by atoms with Crippen molar-refractivity contribution < 1.29 is 29.1 Å². The highest BCUT2D eigenvalue weighted by atomic mass is 16.6. The minimum atomic E-state index is -1.17. The van der Waals surface area contributed by atoms with Crippen LogP contribution in [-0.2, 0) is 11.3 Å². The number of anilines is 1. The molecule has 30 heavy (non-hydrogen) atoms. The van der Waals surface area contributed by atoms with Gasteiger partial charge in [-0.3, -0.25) is 19.7 Å². The molecule has 2 aromatic carbocycles. The molecule has 0 atom stereocenters. The summed E-state index contributed by atoms with van der Waals surface area (Å²) in [6, 6.07) is 11.7. The van der Waals surface area contributed by atoms with Gasteiger partial charge in [0, 0.05) is 18.3 Å². The molecule has 0 saturated carbocycles. The van der Waals surface area contributed by atoms with Crippen molar-refractivity contribution in [1.29, 1.82) is 0 Å². The monoisotopic (exact) mass is 412 g/mol. The summed E-state index contributed by atoms with van der Waals surface area (Å²) in [7, 11) is 1.52. The van der Waals surface area contributed by atoms with Gasteiger partial charge in [0.2, 0.25) is 0 Å². The van der Waals surface area contributed by atoms with Crippen molar-refractivity contribution in [1.82, 2.24) is 9.78 Å². The number of carboxylic acids is 1. The highest BCUT2D eigenvalue weighted by molar-refractivity contribution is 6.03. The third-order valence-electron chi connectivity index (χ3n) is 3.89. The number of hydrogen-bond acceptors (Lipinski definition) is 7. The van der Waals surface area contributed by atoms with Gasteiger partial charge in [-0.2, -0.15) is 5.10 Å². The summed E-state index contributed by atoms with van der Waals surface area (Å²) in [5, 5.41) is 26.5. The smallest absolute Gasteiger partial charge is 0.325 e. The Balaban J connectivity index is 1.85. The number of nitrogens with zero attached hydrogens (tertiary/aromatic N) is 3. The van der Waals surface area contributed by atoms with E-state index in [9.17, 15) is 19.7 Å². The molecule has 11 nitrogen and oxygen atoms in total. The molecular weight excluding hydrogens is 396 g/mol. The van der Waals surface area contributed by atoms with E-state index in [0.29, 0.717) is 11.5 Å². The largest absolute Gasteiger partial charge is 0.497 e. The first-order chi connectivity index (χ1) is 14.4. The van der Waals surface area contributed by atoms with Crippen molar-refractivity contribution in [2.45, 2.75) is 6.54 Å². The summed E-state index contributed by atoms with van der Waals surface area (Å²) < 4.78 is 11.7. The van der Waals surface area contributed by atoms with Crippen LogP contribution in [0, 0.1) is 10.1 Å². The second-order valence-corrected chi connectivity index (χ2v) is 5.97. The van der Waals surface area contributed by atoms with Crippen LogP contribution >= 0.6 is 0 Å². The molecule has 0 aliphatic rings. The summed E-state index contributed by atoms with van der Waals surface area (Å²) in [6.07, 6.45) is 1.28. The normalized spacial score (nSPS) is 10.3. The number of nitro benzene ring substituents is 1. The number of methoxy groups -OCH3 is 1. The van der Waals surface area contributed by atoms with E-state index >= 15 is 0 Å². The molecule has 11 heteroatoms. The van der Waals surface area contributed by atoms with E-state index in [4.69, 9.17) is 14.6 Å². The van der Waals surface area contributed by atoms with Gasteiger partial charge in [0.05, 0.1) is 23.8 Å². The SMILES string of the molecule is COc1ccc(Oc2cc(NC(=O)c3ccnn3CC(=O)O)cc([N+](=O)[O-])c2)cc1.